The van der Waals surface area contributed by atoms with Gasteiger partial charge in [0.1, 0.15) is 23.3 Å². The van der Waals surface area contributed by atoms with Crippen molar-refractivity contribution < 1.29 is 38.2 Å². The maximum absolute atomic E-state index is 13.6. The van der Waals surface area contributed by atoms with E-state index in [1.807, 2.05) is 41.5 Å². The lowest BCUT2D eigenvalue weighted by Gasteiger charge is -2.32. The fourth-order valence-corrected chi connectivity index (χ4v) is 11.3. The number of amides is 4. The standard InChI is InChI=1S/C26H49N3O4S2.C18H31N3O4S2/c1-23(2,3)33-21(31)19(16-35-25(7,8)9)29-22(32)26(13-11-12-14-26)17-28-20(30)18(27-10)15-34-24(4,5)6;1-17(2,3)25-15(23)13-10-27-26-9-12(19-4)14(22)20-11-18(16(24)21-13)7-5-6-8-18/h18-19,27H,11-17H2,1-10H3,(H,28,30)(H,29,32);12-13,19H,5-11H2,1-4H3,(H,20,22)(H,21,24)/t18?,19-;12?,13-/m00/s1. The van der Waals surface area contributed by atoms with Gasteiger partial charge in [-0.25, -0.2) is 9.59 Å². The number of esters is 2. The number of carbonyl (C=O) groups excluding carboxylic acids is 6. The molecule has 6 N–H and O–H groups in total. The van der Waals surface area contributed by atoms with Gasteiger partial charge >= 0.3 is 11.9 Å². The number of rotatable bonds is 13. The summed E-state index contributed by atoms with van der Waals surface area (Å²) in [7, 11) is 6.50. The maximum atomic E-state index is 13.6. The molecule has 2 aliphatic carbocycles. The van der Waals surface area contributed by atoms with Crippen molar-refractivity contribution >= 4 is 80.7 Å². The molecule has 0 aromatic carbocycles. The molecule has 3 aliphatic rings. The van der Waals surface area contributed by atoms with E-state index < -0.39 is 46.1 Å². The fraction of sp³-hybridized carbons (Fsp3) is 0.864. The summed E-state index contributed by atoms with van der Waals surface area (Å²) in [5.74, 6) is 0.693. The molecule has 0 aromatic heterocycles. The number of hydrogen-bond acceptors (Lipinski definition) is 14. The summed E-state index contributed by atoms with van der Waals surface area (Å²) in [6.45, 7) is 24.1. The van der Waals surface area contributed by atoms with Gasteiger partial charge in [-0.1, -0.05) is 88.8 Å². The van der Waals surface area contributed by atoms with Crippen LogP contribution in [0.25, 0.3) is 0 Å². The van der Waals surface area contributed by atoms with Crippen LogP contribution in [0.15, 0.2) is 0 Å². The number of likely N-dealkylation sites (N-methyl/N-ethyl adjacent to an activating group) is 2. The number of hydrogen-bond donors (Lipinski definition) is 6. The van der Waals surface area contributed by atoms with Crippen LogP contribution in [0.4, 0.5) is 0 Å². The SMILES string of the molecule is CNC(CSC(C)(C)C)C(=O)NCC1(C(=O)N[C@@H](CSC(C)(C)C)C(=O)OC(C)(C)C)CCCC1.CNC1CSSC[C@@H](C(=O)OC(C)(C)C)NC(=O)C2(CCCC2)CNC1=O. The minimum atomic E-state index is -0.743. The first-order valence-electron chi connectivity index (χ1n) is 22.0. The highest BCUT2D eigenvalue weighted by atomic mass is 33.1. The summed E-state index contributed by atoms with van der Waals surface area (Å²) in [6.07, 6.45) is 6.54. The summed E-state index contributed by atoms with van der Waals surface area (Å²) in [6, 6.07) is -2.11. The number of thioether (sulfide) groups is 2. The molecule has 3 fully saturated rings. The van der Waals surface area contributed by atoms with E-state index in [0.29, 0.717) is 55.2 Å². The van der Waals surface area contributed by atoms with E-state index in [4.69, 9.17) is 9.47 Å². The Morgan fingerprint density at radius 2 is 1.27 bits per heavy atom. The molecule has 0 radical (unpaired) electrons. The maximum Gasteiger partial charge on any atom is 0.330 e. The Labute approximate surface area is 389 Å². The molecule has 1 heterocycles. The Hall–Kier alpha value is -1.86. The minimum absolute atomic E-state index is 0.0583. The van der Waals surface area contributed by atoms with Crippen LogP contribution in [0.1, 0.15) is 134 Å². The van der Waals surface area contributed by atoms with Crippen molar-refractivity contribution in [1.82, 2.24) is 31.9 Å². The Kier molecular flexibility index (Phi) is 22.3. The first-order valence-corrected chi connectivity index (χ1v) is 26.5. The summed E-state index contributed by atoms with van der Waals surface area (Å²) in [5, 5.41) is 18.0. The van der Waals surface area contributed by atoms with Gasteiger partial charge in [0.05, 0.1) is 22.9 Å². The smallest absolute Gasteiger partial charge is 0.330 e. The van der Waals surface area contributed by atoms with Crippen LogP contribution in [0.5, 0.6) is 0 Å². The van der Waals surface area contributed by atoms with Crippen LogP contribution < -0.4 is 31.9 Å². The molecule has 14 nitrogen and oxygen atoms in total. The molecule has 358 valence electrons. The third-order valence-electron chi connectivity index (χ3n) is 10.5. The third kappa shape index (κ3) is 20.1. The zero-order valence-electron chi connectivity index (χ0n) is 40.1. The van der Waals surface area contributed by atoms with Crippen molar-refractivity contribution in [2.45, 2.75) is 179 Å². The van der Waals surface area contributed by atoms with Gasteiger partial charge in [0, 0.05) is 45.6 Å². The summed E-state index contributed by atoms with van der Waals surface area (Å²) in [5.41, 5.74) is -2.61. The van der Waals surface area contributed by atoms with Crippen LogP contribution in [-0.2, 0) is 38.2 Å². The van der Waals surface area contributed by atoms with Gasteiger partial charge in [0.2, 0.25) is 23.6 Å². The third-order valence-corrected chi connectivity index (χ3v) is 15.7. The summed E-state index contributed by atoms with van der Waals surface area (Å²) in [4.78, 5) is 77.6. The van der Waals surface area contributed by atoms with E-state index in [2.05, 4.69) is 73.4 Å². The van der Waals surface area contributed by atoms with Gasteiger partial charge in [-0.2, -0.15) is 23.5 Å². The Morgan fingerprint density at radius 1 is 0.758 bits per heavy atom. The van der Waals surface area contributed by atoms with Crippen molar-refractivity contribution in [3.63, 3.8) is 0 Å². The predicted octanol–water partition coefficient (Wildman–Crippen LogP) is 5.61. The molecule has 1 aliphatic heterocycles. The second-order valence-electron chi connectivity index (χ2n) is 20.6. The minimum Gasteiger partial charge on any atom is -0.458 e. The molecule has 18 heteroatoms. The molecule has 4 amide bonds. The fourth-order valence-electron chi connectivity index (χ4n) is 7.02. The molecule has 4 atom stereocenters. The average molecular weight is 949 g/mol. The van der Waals surface area contributed by atoms with Gasteiger partial charge in [0.25, 0.3) is 0 Å². The summed E-state index contributed by atoms with van der Waals surface area (Å²) < 4.78 is 11.1. The van der Waals surface area contributed by atoms with Gasteiger partial charge in [0.15, 0.2) is 0 Å². The molecule has 1 spiro atoms. The highest BCUT2D eigenvalue weighted by Crippen LogP contribution is 2.40. The van der Waals surface area contributed by atoms with Gasteiger partial charge in [-0.05, 0) is 81.3 Å². The normalized spacial score (nSPS) is 22.0. The van der Waals surface area contributed by atoms with E-state index in [1.165, 1.54) is 21.6 Å². The van der Waals surface area contributed by atoms with Crippen LogP contribution in [0, 0.1) is 10.8 Å². The highest BCUT2D eigenvalue weighted by Gasteiger charge is 2.45. The van der Waals surface area contributed by atoms with E-state index in [-0.39, 0.29) is 51.8 Å². The lowest BCUT2D eigenvalue weighted by atomic mass is 9.84. The quantitative estimate of drug-likeness (QED) is 0.0986. The second kappa shape index (κ2) is 24.6. The van der Waals surface area contributed by atoms with Crippen LogP contribution in [-0.4, -0.2) is 131 Å². The molecular formula is C44H80N6O8S4. The van der Waals surface area contributed by atoms with E-state index in [9.17, 15) is 28.8 Å². The van der Waals surface area contributed by atoms with Gasteiger partial charge in [-0.3, -0.25) is 19.2 Å². The number of carbonyl (C=O) groups is 6. The van der Waals surface area contributed by atoms with Crippen LogP contribution in [0.3, 0.4) is 0 Å². The lowest BCUT2D eigenvalue weighted by Crippen LogP contribution is -2.55. The Balaban J connectivity index is 0.000000440. The van der Waals surface area contributed by atoms with Gasteiger partial charge in [-0.15, -0.1) is 0 Å². The van der Waals surface area contributed by atoms with Crippen molar-refractivity contribution in [3.8, 4) is 0 Å². The zero-order chi connectivity index (χ0) is 47.2. The van der Waals surface area contributed by atoms with E-state index >= 15 is 0 Å². The average Bonchev–Trinajstić information content (AvgIpc) is 3.84. The molecule has 0 bridgehead atoms. The molecular weight excluding hydrogens is 869 g/mol. The largest absolute Gasteiger partial charge is 0.458 e. The topological polar surface area (TPSA) is 193 Å². The highest BCUT2D eigenvalue weighted by molar-refractivity contribution is 8.76. The second-order valence-corrected chi connectivity index (χ2v) is 26.9. The zero-order valence-corrected chi connectivity index (χ0v) is 43.4. The first kappa shape index (κ1) is 56.3. The van der Waals surface area contributed by atoms with Crippen molar-refractivity contribution in [2.75, 3.05) is 50.2 Å². The van der Waals surface area contributed by atoms with Crippen molar-refractivity contribution in [3.05, 3.63) is 0 Å². The van der Waals surface area contributed by atoms with Crippen LogP contribution in [0.2, 0.25) is 0 Å². The number of ether oxygens (including phenoxy) is 2. The predicted molar refractivity (Wildman–Crippen MR) is 258 cm³/mol. The lowest BCUT2D eigenvalue weighted by molar-refractivity contribution is -0.159. The van der Waals surface area contributed by atoms with E-state index in [1.54, 1.807) is 37.6 Å². The van der Waals surface area contributed by atoms with Gasteiger partial charge < -0.3 is 41.4 Å². The Morgan fingerprint density at radius 3 is 1.77 bits per heavy atom. The molecule has 62 heavy (non-hydrogen) atoms. The number of nitrogens with one attached hydrogen (secondary N) is 6. The van der Waals surface area contributed by atoms with Crippen molar-refractivity contribution in [1.29, 1.82) is 0 Å². The molecule has 3 rings (SSSR count). The first-order chi connectivity index (χ1) is 28.5. The monoisotopic (exact) mass is 948 g/mol. The summed E-state index contributed by atoms with van der Waals surface area (Å²) >= 11 is 3.34. The molecule has 2 saturated carbocycles. The Bertz CT molecular complexity index is 1500. The molecule has 1 saturated heterocycles. The van der Waals surface area contributed by atoms with Crippen molar-refractivity contribution in [2.24, 2.45) is 10.8 Å². The van der Waals surface area contributed by atoms with Crippen LogP contribution >= 0.6 is 45.1 Å². The van der Waals surface area contributed by atoms with E-state index in [0.717, 1.165) is 25.7 Å². The molecule has 0 aromatic rings. The molecule has 2 unspecified atom stereocenters.